The number of nitrogens with two attached hydrogens (primary N) is 1. The number of hydrogen-bond acceptors (Lipinski definition) is 26. The van der Waals surface area contributed by atoms with Crippen molar-refractivity contribution in [2.45, 2.75) is 66.3 Å². The van der Waals surface area contributed by atoms with Crippen molar-refractivity contribution < 1.29 is 112 Å². The Morgan fingerprint density at radius 1 is 0.433 bits per heavy atom. The number of H-pyrrole nitrogens is 1. The monoisotopic (exact) mass is 2080 g/mol. The van der Waals surface area contributed by atoms with E-state index in [4.69, 9.17) is 85.1 Å². The molecule has 9 N–H and O–H groups in total. The summed E-state index contributed by atoms with van der Waals surface area (Å²) >= 11 is 6.04. The molecule has 10 aromatic carbocycles. The standard InChI is InChI=1S/C22H19FN4O3.C19H12FN3O4.C19H14FN3O2.C14H10FNO2.C7H6BNO2.C7H6BrFO2.C5H3BrN2O2.8CH4.ClH/c1-3-25-22(28)27-19-10-7-16(13-26-19)30-18-9-8-17(29-2)20(21(18)23)15-6-4-5-14(11-15)12-24;1-26-15-6-7-16(27-14-5-8-17(22-11-14)23(24)25)19(20)18(15)13-4-2-3-12(9-13)10-21;1-24-15-6-7-16(25-14-5-8-17(22)23-11-14)19(20)18(15)13-4-2-3-12(9-13)10-21;1-18-12-6-5-11(17)14(15)13(12)10-4-2-3-9(7-10)8-16;9-5-6-2-1-3-7(4-6)8(10)11;1-11-5-3-2-4(10)7(9)6(5)8;6-4-1-2-5(7-3-4)8(9)10;;;;;;;;;/h4-11,13H,3H2,1-2H3,(H2,25,26,27,28);2-9,11H,1H3;2-9,11H,1H3,(H2,22,23);2-7,17H,1H3;1-4,10-11H;2-3,10H,1H3;1-3H;8*1H4;1H. The second-order valence-electron chi connectivity index (χ2n) is 26.0. The van der Waals surface area contributed by atoms with Crippen LogP contribution in [0.5, 0.6) is 74.7 Å². The smallest absolute Gasteiger partial charge is 0.488 e. The van der Waals surface area contributed by atoms with Gasteiger partial charge in [-0.2, -0.15) is 26.3 Å². The molecule has 0 spiro atoms. The number of halogens is 8. The number of pyridine rings is 4. The number of aromatic hydroxyl groups is 2. The lowest BCUT2D eigenvalue weighted by Crippen LogP contribution is -3.00. The minimum atomic E-state index is -1.50. The van der Waals surface area contributed by atoms with E-state index in [1.165, 1.54) is 127 Å². The van der Waals surface area contributed by atoms with Crippen molar-refractivity contribution in [1.29, 1.82) is 26.3 Å². The molecular weight excluding hydrogens is 1980 g/mol. The number of aromatic amines is 1. The SMILES string of the molecule is C.C.C.C.C.C.C.C.CCNC(=O)Nc1ccc(Oc2ccc(OC)c(-c3cccc(C#N)c3)c2F)cn1.COc1ccc(O)c(F)c1-c1cccc(C#N)c1.COc1ccc(O)c(F)c1Br.COc1ccc(Oc2ccc(N)[nH+]c2)c(F)c1-c1cccc(C#N)c1.COc1ccc(Oc2ccc([N+](=O)[O-])nc2)c(F)c1-c1cccc(C#N)c1.N#Cc1cccc(B(O)O)c1.O=[N+]([O-])c1ccc(Br)cn1.[Cl-]. The molecule has 0 aliphatic carbocycles. The molecule has 4 heterocycles. The molecule has 0 bridgehead atoms. The molecule has 31 nitrogen and oxygen atoms in total. The van der Waals surface area contributed by atoms with Gasteiger partial charge in [0.15, 0.2) is 81.7 Å². The summed E-state index contributed by atoms with van der Waals surface area (Å²) in [7, 11) is 5.66. The third-order valence-corrected chi connectivity index (χ3v) is 18.7. The molecule has 0 aliphatic heterocycles. The molecule has 0 fully saturated rings. The van der Waals surface area contributed by atoms with Crippen LogP contribution in [-0.2, 0) is 0 Å². The molecule has 0 atom stereocenters. The summed E-state index contributed by atoms with van der Waals surface area (Å²) in [6.45, 7) is 2.29. The number of nitrogens with zero attached hydrogens (tertiary/aromatic N) is 10. The fourth-order valence-electron chi connectivity index (χ4n) is 11.3. The van der Waals surface area contributed by atoms with Crippen molar-refractivity contribution in [2.24, 2.45) is 0 Å². The highest BCUT2D eigenvalue weighted by molar-refractivity contribution is 9.10. The molecular formula is C101H103BBr2ClF5N14O17. The predicted octanol–water partition coefficient (Wildman–Crippen LogP) is 21.2. The number of nitrogen functional groups attached to an aromatic ring is 1. The van der Waals surface area contributed by atoms with E-state index in [1.54, 1.807) is 159 Å². The number of carbonyl (C=O) groups excluding carboxylic acids is 1. The third kappa shape index (κ3) is 35.6. The zero-order valence-electron chi connectivity index (χ0n) is 70.2. The number of hydrogen-bond donors (Lipinski definition) is 7. The summed E-state index contributed by atoms with van der Waals surface area (Å²) in [5, 5.41) is 106. The van der Waals surface area contributed by atoms with Crippen molar-refractivity contribution in [1.82, 2.24) is 20.3 Å². The molecule has 14 rings (SSSR count). The number of aromatic nitrogens is 4. The maximum absolute atomic E-state index is 15.3. The molecule has 4 aromatic heterocycles. The van der Waals surface area contributed by atoms with Gasteiger partial charge in [-0.15, -0.1) is 0 Å². The summed E-state index contributed by atoms with van der Waals surface area (Å²) in [4.78, 5) is 45.1. The van der Waals surface area contributed by atoms with Gasteiger partial charge in [-0.25, -0.2) is 36.7 Å². The topological polar surface area (TPSA) is 480 Å². The van der Waals surface area contributed by atoms with Gasteiger partial charge in [0, 0.05) is 24.7 Å². The van der Waals surface area contributed by atoms with Crippen molar-refractivity contribution in [3.63, 3.8) is 0 Å². The van der Waals surface area contributed by atoms with Gasteiger partial charge in [-0.3, -0.25) is 11.1 Å². The van der Waals surface area contributed by atoms with Crippen LogP contribution in [0, 0.1) is 106 Å². The van der Waals surface area contributed by atoms with Crippen LogP contribution in [0.15, 0.2) is 264 Å². The molecule has 0 unspecified atom stereocenters. The minimum absolute atomic E-state index is 0. The molecule has 141 heavy (non-hydrogen) atoms. The third-order valence-electron chi connectivity index (χ3n) is 17.5. The van der Waals surface area contributed by atoms with Crippen LogP contribution >= 0.6 is 31.9 Å². The van der Waals surface area contributed by atoms with Crippen LogP contribution in [-0.4, -0.2) is 100 Å². The quantitative estimate of drug-likeness (QED) is 0.0161. The van der Waals surface area contributed by atoms with Crippen LogP contribution in [0.2, 0.25) is 0 Å². The molecule has 14 aromatic rings. The Kier molecular flexibility index (Phi) is 56.0. The largest absolute Gasteiger partial charge is 1.00 e. The zero-order valence-corrected chi connectivity index (χ0v) is 74.1. The number of amides is 2. The Morgan fingerprint density at radius 3 is 1.09 bits per heavy atom. The van der Waals surface area contributed by atoms with E-state index in [9.17, 15) is 38.9 Å². The van der Waals surface area contributed by atoms with E-state index >= 15 is 13.2 Å². The molecule has 40 heteroatoms. The van der Waals surface area contributed by atoms with Gasteiger partial charge < -0.3 is 96.1 Å². The van der Waals surface area contributed by atoms with E-state index in [0.717, 1.165) is 16.7 Å². The first-order valence-corrected chi connectivity index (χ1v) is 39.5. The van der Waals surface area contributed by atoms with Crippen molar-refractivity contribution in [3.05, 3.63) is 341 Å². The van der Waals surface area contributed by atoms with E-state index in [0.29, 0.717) is 102 Å². The Bertz CT molecular complexity index is 6670. The van der Waals surface area contributed by atoms with Crippen LogP contribution in [0.3, 0.4) is 0 Å². The Balaban J connectivity index is 0. The maximum Gasteiger partial charge on any atom is 0.488 e. The normalized spacial score (nSPS) is 9.23. The van der Waals surface area contributed by atoms with Crippen LogP contribution in [0.4, 0.5) is 50.0 Å². The van der Waals surface area contributed by atoms with Gasteiger partial charge >= 0.3 is 24.8 Å². The first kappa shape index (κ1) is 126. The number of methoxy groups -OCH3 is 5. The summed E-state index contributed by atoms with van der Waals surface area (Å²) in [5.41, 5.74) is 10.6. The highest BCUT2D eigenvalue weighted by Gasteiger charge is 2.24. The number of anilines is 2. The lowest BCUT2D eigenvalue weighted by molar-refractivity contribution is -0.389. The summed E-state index contributed by atoms with van der Waals surface area (Å²) in [6.07, 6.45) is 5.44. The summed E-state index contributed by atoms with van der Waals surface area (Å²) in [6, 6.07) is 68.2. The molecule has 0 radical (unpaired) electrons. The van der Waals surface area contributed by atoms with Gasteiger partial charge in [0.25, 0.3) is 5.82 Å². The number of rotatable bonds is 20. The fourth-order valence-corrected chi connectivity index (χ4v) is 12.0. The number of nitrogens with one attached hydrogen (secondary N) is 3. The predicted molar refractivity (Wildman–Crippen MR) is 535 cm³/mol. The highest BCUT2D eigenvalue weighted by Crippen LogP contribution is 2.44. The second kappa shape index (κ2) is 62.6. The van der Waals surface area contributed by atoms with Crippen LogP contribution < -0.4 is 77.1 Å². The van der Waals surface area contributed by atoms with Crippen molar-refractivity contribution >= 4 is 73.7 Å². The molecule has 0 saturated carbocycles. The lowest BCUT2D eigenvalue weighted by Gasteiger charge is -2.14. The fraction of sp³-hybridized carbons (Fsp3) is 0.149. The van der Waals surface area contributed by atoms with E-state index in [-0.39, 0.29) is 151 Å². The molecule has 738 valence electrons. The number of benzene rings is 10. The number of urea groups is 1. The number of phenolic OH excluding ortho intramolecular Hbond substituents is 2. The highest BCUT2D eigenvalue weighted by atomic mass is 79.9. The first-order chi connectivity index (χ1) is 63.5. The number of nitriles is 5. The first-order valence-electron chi connectivity index (χ1n) is 37.9. The number of nitro groups is 2. The van der Waals surface area contributed by atoms with E-state index < -0.39 is 57.6 Å². The number of phenols is 2. The van der Waals surface area contributed by atoms with E-state index in [1.807, 2.05) is 30.3 Å². The van der Waals surface area contributed by atoms with Gasteiger partial charge in [0.05, 0.1) is 131 Å². The lowest BCUT2D eigenvalue weighted by atomic mass is 9.80. The van der Waals surface area contributed by atoms with Crippen LogP contribution in [0.25, 0.3) is 44.5 Å². The van der Waals surface area contributed by atoms with Gasteiger partial charge in [0.2, 0.25) is 0 Å². The summed E-state index contributed by atoms with van der Waals surface area (Å²) in [5.74, 6) is -1.53. The van der Waals surface area contributed by atoms with Gasteiger partial charge in [-0.05, 0) is 238 Å². The zero-order chi connectivity index (χ0) is 96.1. The number of ether oxygens (including phenoxy) is 8. The Hall–Kier alpha value is -17.0. The Labute approximate surface area is 837 Å². The molecule has 0 saturated heterocycles. The average molecular weight is 2090 g/mol. The van der Waals surface area contributed by atoms with Gasteiger partial charge in [0.1, 0.15) is 46.5 Å². The number of carbonyl (C=O) groups is 1. The molecule has 2 amide bonds. The van der Waals surface area contributed by atoms with Crippen molar-refractivity contribution in [3.8, 4) is 150 Å². The second-order valence-corrected chi connectivity index (χ2v) is 27.7. The Morgan fingerprint density at radius 2 is 0.759 bits per heavy atom. The summed E-state index contributed by atoms with van der Waals surface area (Å²) < 4.78 is 116. The maximum atomic E-state index is 15.3. The van der Waals surface area contributed by atoms with E-state index in [2.05, 4.69) is 62.4 Å². The van der Waals surface area contributed by atoms with Gasteiger partial charge in [-0.1, -0.05) is 120 Å². The van der Waals surface area contributed by atoms with Crippen molar-refractivity contribution in [2.75, 3.05) is 53.1 Å². The molecule has 0 aliphatic rings. The minimum Gasteiger partial charge on any atom is -1.00 e. The van der Waals surface area contributed by atoms with Crippen LogP contribution in [0.1, 0.15) is 94.2 Å². The average Bonchev–Trinajstić information content (AvgIpc) is 0.813.